The molecule has 5 heteroatoms. The highest BCUT2D eigenvalue weighted by atomic mass is 35.5. The monoisotopic (exact) mass is 280 g/mol. The van der Waals surface area contributed by atoms with Gasteiger partial charge in [-0.1, -0.05) is 17.7 Å². The van der Waals surface area contributed by atoms with Crippen LogP contribution in [0.15, 0.2) is 24.4 Å². The van der Waals surface area contributed by atoms with Gasteiger partial charge in [0.25, 0.3) is 6.47 Å². The van der Waals surface area contributed by atoms with Crippen LogP contribution in [-0.4, -0.2) is 43.5 Å². The van der Waals surface area contributed by atoms with E-state index in [0.717, 1.165) is 22.8 Å². The zero-order valence-electron chi connectivity index (χ0n) is 11.1. The maximum absolute atomic E-state index is 10.2. The minimum absolute atomic E-state index is 0.372. The summed E-state index contributed by atoms with van der Waals surface area (Å²) in [6.45, 7) is 2.36. The van der Waals surface area contributed by atoms with Crippen molar-refractivity contribution < 1.29 is 9.53 Å². The molecule has 0 amide bonds. The first-order chi connectivity index (χ1) is 9.11. The number of fused-ring (bicyclic) bond motifs is 1. The lowest BCUT2D eigenvalue weighted by atomic mass is 10.0. The third kappa shape index (κ3) is 3.20. The Balaban J connectivity index is 2.23. The zero-order chi connectivity index (χ0) is 13.8. The van der Waals surface area contributed by atoms with Gasteiger partial charge in [-0.2, -0.15) is 0 Å². The summed E-state index contributed by atoms with van der Waals surface area (Å²) in [6.07, 6.45) is 2.08. The minimum atomic E-state index is 0.372. The van der Waals surface area contributed by atoms with Gasteiger partial charge in [0.2, 0.25) is 0 Å². The van der Waals surface area contributed by atoms with Crippen molar-refractivity contribution in [2.24, 2.45) is 0 Å². The summed E-state index contributed by atoms with van der Waals surface area (Å²) < 4.78 is 4.74. The zero-order valence-corrected chi connectivity index (χ0v) is 11.9. The highest BCUT2D eigenvalue weighted by molar-refractivity contribution is 6.30. The number of carbonyl (C=O) groups excluding carboxylic acids is 1. The van der Waals surface area contributed by atoms with Crippen LogP contribution in [0.1, 0.15) is 11.1 Å². The van der Waals surface area contributed by atoms with E-state index in [-0.39, 0.29) is 0 Å². The van der Waals surface area contributed by atoms with Gasteiger partial charge in [-0.05, 0) is 17.7 Å². The first kappa shape index (κ1) is 13.7. The van der Waals surface area contributed by atoms with E-state index < -0.39 is 0 Å². The van der Waals surface area contributed by atoms with Crippen LogP contribution in [0.3, 0.4) is 0 Å². The molecular formula is C14H17ClN2O2. The molecule has 1 aromatic rings. The van der Waals surface area contributed by atoms with Crippen molar-refractivity contribution in [1.82, 2.24) is 9.80 Å². The average molecular weight is 281 g/mol. The number of hydrogen-bond donors (Lipinski definition) is 0. The standard InChI is InChI=1S/C14H17ClN2O2/c1-16-8-11-3-4-12(15)7-13(11)14(9-16)17(2)5-6-19-10-18/h3-4,7,9-10H,5-6,8H2,1-2H3. The van der Waals surface area contributed by atoms with Crippen molar-refractivity contribution in [1.29, 1.82) is 0 Å². The third-order valence-corrected chi connectivity index (χ3v) is 3.37. The van der Waals surface area contributed by atoms with Crippen molar-refractivity contribution >= 4 is 23.8 Å². The fourth-order valence-corrected chi connectivity index (χ4v) is 2.35. The fourth-order valence-electron chi connectivity index (χ4n) is 2.18. The summed E-state index contributed by atoms with van der Waals surface area (Å²) >= 11 is 6.08. The Morgan fingerprint density at radius 2 is 2.32 bits per heavy atom. The van der Waals surface area contributed by atoms with Crippen LogP contribution in [0, 0.1) is 0 Å². The molecule has 0 fully saturated rings. The van der Waals surface area contributed by atoms with E-state index in [2.05, 4.69) is 22.1 Å². The molecule has 0 saturated heterocycles. The maximum atomic E-state index is 10.2. The average Bonchev–Trinajstić information content (AvgIpc) is 2.38. The predicted molar refractivity (Wildman–Crippen MR) is 75.5 cm³/mol. The van der Waals surface area contributed by atoms with Crippen molar-refractivity contribution in [2.75, 3.05) is 27.2 Å². The van der Waals surface area contributed by atoms with Crippen molar-refractivity contribution in [3.05, 3.63) is 40.5 Å². The van der Waals surface area contributed by atoms with Crippen LogP contribution in [0.2, 0.25) is 5.02 Å². The van der Waals surface area contributed by atoms with Gasteiger partial charge in [0.15, 0.2) is 0 Å². The van der Waals surface area contributed by atoms with Gasteiger partial charge in [-0.25, -0.2) is 0 Å². The molecular weight excluding hydrogens is 264 g/mol. The summed E-state index contributed by atoms with van der Waals surface area (Å²) in [4.78, 5) is 14.4. The van der Waals surface area contributed by atoms with Gasteiger partial charge >= 0.3 is 0 Å². The van der Waals surface area contributed by atoms with Crippen LogP contribution >= 0.6 is 11.6 Å². The van der Waals surface area contributed by atoms with E-state index in [1.165, 1.54) is 5.56 Å². The van der Waals surface area contributed by atoms with E-state index in [0.29, 0.717) is 19.6 Å². The number of benzene rings is 1. The molecule has 19 heavy (non-hydrogen) atoms. The van der Waals surface area contributed by atoms with Crippen LogP contribution in [0.25, 0.3) is 5.70 Å². The van der Waals surface area contributed by atoms with Gasteiger partial charge < -0.3 is 14.5 Å². The number of rotatable bonds is 5. The van der Waals surface area contributed by atoms with Crippen LogP contribution in [0.5, 0.6) is 0 Å². The van der Waals surface area contributed by atoms with E-state index >= 15 is 0 Å². The second kappa shape index (κ2) is 5.97. The Morgan fingerprint density at radius 1 is 1.53 bits per heavy atom. The molecule has 0 atom stereocenters. The fraction of sp³-hybridized carbons (Fsp3) is 0.357. The maximum Gasteiger partial charge on any atom is 0.293 e. The summed E-state index contributed by atoms with van der Waals surface area (Å²) in [5.41, 5.74) is 3.47. The summed E-state index contributed by atoms with van der Waals surface area (Å²) in [7, 11) is 4.01. The topological polar surface area (TPSA) is 32.8 Å². The number of ether oxygens (including phenoxy) is 1. The number of likely N-dealkylation sites (N-methyl/N-ethyl adjacent to an activating group) is 1. The number of nitrogens with zero attached hydrogens (tertiary/aromatic N) is 2. The van der Waals surface area contributed by atoms with Crippen molar-refractivity contribution in [3.63, 3.8) is 0 Å². The van der Waals surface area contributed by atoms with Gasteiger partial charge in [-0.3, -0.25) is 4.79 Å². The Bertz CT molecular complexity index is 502. The molecule has 4 nitrogen and oxygen atoms in total. The lowest BCUT2D eigenvalue weighted by Gasteiger charge is -2.31. The highest BCUT2D eigenvalue weighted by Gasteiger charge is 2.18. The molecule has 0 saturated carbocycles. The SMILES string of the molecule is CN1C=C(N(C)CCOC=O)c2cc(Cl)ccc2C1. The largest absolute Gasteiger partial charge is 0.466 e. The van der Waals surface area contributed by atoms with Gasteiger partial charge in [0, 0.05) is 37.4 Å². The second-order valence-electron chi connectivity index (χ2n) is 4.62. The van der Waals surface area contributed by atoms with Gasteiger partial charge in [0.05, 0.1) is 12.2 Å². The Labute approximate surface area is 118 Å². The number of carbonyl (C=O) groups is 1. The number of halogens is 1. The molecule has 2 rings (SSSR count). The second-order valence-corrected chi connectivity index (χ2v) is 5.06. The molecule has 0 aliphatic carbocycles. The Hall–Kier alpha value is -1.68. The molecule has 1 aromatic carbocycles. The third-order valence-electron chi connectivity index (χ3n) is 3.13. The molecule has 0 unspecified atom stereocenters. The van der Waals surface area contributed by atoms with Crippen LogP contribution in [-0.2, 0) is 16.1 Å². The lowest BCUT2D eigenvalue weighted by Crippen LogP contribution is -2.27. The number of hydrogen-bond acceptors (Lipinski definition) is 4. The molecule has 1 aliphatic rings. The molecule has 102 valence electrons. The molecule has 0 radical (unpaired) electrons. The summed E-state index contributed by atoms with van der Waals surface area (Å²) in [5.74, 6) is 0. The Kier molecular flexibility index (Phi) is 4.32. The minimum Gasteiger partial charge on any atom is -0.466 e. The van der Waals surface area contributed by atoms with Crippen molar-refractivity contribution in [2.45, 2.75) is 6.54 Å². The van der Waals surface area contributed by atoms with E-state index in [4.69, 9.17) is 16.3 Å². The normalized spacial score (nSPS) is 13.6. The molecule has 1 aliphatic heterocycles. The van der Waals surface area contributed by atoms with Crippen LogP contribution in [0.4, 0.5) is 0 Å². The molecule has 0 N–H and O–H groups in total. The van der Waals surface area contributed by atoms with E-state index in [1.54, 1.807) is 0 Å². The summed E-state index contributed by atoms with van der Waals surface area (Å²) in [5, 5.41) is 0.728. The van der Waals surface area contributed by atoms with E-state index in [1.807, 2.05) is 26.2 Å². The molecule has 0 aromatic heterocycles. The molecule has 0 spiro atoms. The lowest BCUT2D eigenvalue weighted by molar-refractivity contribution is -0.128. The highest BCUT2D eigenvalue weighted by Crippen LogP contribution is 2.30. The molecule has 1 heterocycles. The molecule has 0 bridgehead atoms. The first-order valence-electron chi connectivity index (χ1n) is 6.09. The van der Waals surface area contributed by atoms with Gasteiger partial charge in [-0.15, -0.1) is 0 Å². The smallest absolute Gasteiger partial charge is 0.293 e. The van der Waals surface area contributed by atoms with Crippen molar-refractivity contribution in [3.8, 4) is 0 Å². The first-order valence-corrected chi connectivity index (χ1v) is 6.47. The quantitative estimate of drug-likeness (QED) is 0.611. The Morgan fingerprint density at radius 3 is 3.05 bits per heavy atom. The van der Waals surface area contributed by atoms with Gasteiger partial charge in [0.1, 0.15) is 6.61 Å². The predicted octanol–water partition coefficient (Wildman–Crippen LogP) is 2.19. The van der Waals surface area contributed by atoms with Crippen LogP contribution < -0.4 is 0 Å². The van der Waals surface area contributed by atoms with E-state index in [9.17, 15) is 4.79 Å². The summed E-state index contributed by atoms with van der Waals surface area (Å²) in [6, 6.07) is 5.94.